The molecule has 0 spiro atoms. The molecule has 146 valence electrons. The SMILES string of the molecule is O=C(c1csc(-c2cc3ccccc3[nH]2)n1)N1CCN(C(=O)c2ccco2)CC1. The summed E-state index contributed by atoms with van der Waals surface area (Å²) in [4.78, 5) is 36.6. The van der Waals surface area contributed by atoms with Gasteiger partial charge in [0.2, 0.25) is 0 Å². The van der Waals surface area contributed by atoms with Crippen molar-refractivity contribution in [2.75, 3.05) is 26.2 Å². The second-order valence-corrected chi connectivity index (χ2v) is 7.73. The van der Waals surface area contributed by atoms with Gasteiger partial charge in [-0.2, -0.15) is 0 Å². The molecule has 1 aliphatic heterocycles. The number of para-hydroxylation sites is 1. The monoisotopic (exact) mass is 406 g/mol. The lowest BCUT2D eigenvalue weighted by Crippen LogP contribution is -2.50. The molecule has 8 heteroatoms. The largest absolute Gasteiger partial charge is 0.459 e. The molecule has 1 aromatic carbocycles. The Morgan fingerprint density at radius 2 is 1.76 bits per heavy atom. The number of furan rings is 1. The molecule has 0 radical (unpaired) electrons. The molecule has 1 aliphatic rings. The molecule has 3 aromatic heterocycles. The van der Waals surface area contributed by atoms with Gasteiger partial charge in [-0.15, -0.1) is 11.3 Å². The van der Waals surface area contributed by atoms with Crippen molar-refractivity contribution >= 4 is 34.1 Å². The molecule has 1 fully saturated rings. The standard InChI is InChI=1S/C21H18N4O3S/c26-20(24-7-9-25(10-8-24)21(27)18-6-3-11-28-18)17-13-29-19(23-17)16-12-14-4-1-2-5-15(14)22-16/h1-6,11-13,22H,7-10H2. The summed E-state index contributed by atoms with van der Waals surface area (Å²) >= 11 is 1.45. The summed E-state index contributed by atoms with van der Waals surface area (Å²) in [6.45, 7) is 1.91. The molecule has 0 aliphatic carbocycles. The number of carbonyl (C=O) groups excluding carboxylic acids is 2. The number of fused-ring (bicyclic) bond motifs is 1. The summed E-state index contributed by atoms with van der Waals surface area (Å²) < 4.78 is 5.18. The predicted molar refractivity (Wildman–Crippen MR) is 110 cm³/mol. The van der Waals surface area contributed by atoms with Crippen LogP contribution in [0.15, 0.2) is 58.5 Å². The van der Waals surface area contributed by atoms with E-state index < -0.39 is 0 Å². The number of nitrogens with zero attached hydrogens (tertiary/aromatic N) is 3. The molecule has 5 rings (SSSR count). The number of piperazine rings is 1. The van der Waals surface area contributed by atoms with Crippen LogP contribution >= 0.6 is 11.3 Å². The normalized spacial score (nSPS) is 14.5. The number of rotatable bonds is 3. The van der Waals surface area contributed by atoms with Crippen LogP contribution in [0.1, 0.15) is 21.0 Å². The average molecular weight is 406 g/mol. The highest BCUT2D eigenvalue weighted by Crippen LogP contribution is 2.27. The topological polar surface area (TPSA) is 82.4 Å². The molecular formula is C21H18N4O3S. The highest BCUT2D eigenvalue weighted by molar-refractivity contribution is 7.13. The van der Waals surface area contributed by atoms with E-state index >= 15 is 0 Å². The lowest BCUT2D eigenvalue weighted by atomic mass is 10.2. The van der Waals surface area contributed by atoms with Gasteiger partial charge in [0.1, 0.15) is 10.7 Å². The zero-order chi connectivity index (χ0) is 19.8. The third-order valence-electron chi connectivity index (χ3n) is 5.07. The molecule has 0 unspecified atom stereocenters. The van der Waals surface area contributed by atoms with Crippen molar-refractivity contribution in [1.82, 2.24) is 19.8 Å². The fraction of sp³-hybridized carbons (Fsp3) is 0.190. The fourth-order valence-electron chi connectivity index (χ4n) is 3.51. The molecule has 4 aromatic rings. The molecule has 0 atom stereocenters. The van der Waals surface area contributed by atoms with Gasteiger partial charge in [0, 0.05) is 42.5 Å². The summed E-state index contributed by atoms with van der Waals surface area (Å²) in [5, 5.41) is 3.70. The van der Waals surface area contributed by atoms with E-state index in [1.807, 2.05) is 30.3 Å². The number of aromatic nitrogens is 2. The Bertz CT molecular complexity index is 1140. The van der Waals surface area contributed by atoms with E-state index in [4.69, 9.17) is 4.42 Å². The molecule has 4 heterocycles. The summed E-state index contributed by atoms with van der Waals surface area (Å²) in [6.07, 6.45) is 1.49. The van der Waals surface area contributed by atoms with Crippen LogP contribution in [0.4, 0.5) is 0 Å². The third kappa shape index (κ3) is 3.31. The molecule has 1 saturated heterocycles. The van der Waals surface area contributed by atoms with Gasteiger partial charge < -0.3 is 19.2 Å². The number of H-pyrrole nitrogens is 1. The maximum atomic E-state index is 12.9. The van der Waals surface area contributed by atoms with E-state index in [2.05, 4.69) is 9.97 Å². The van der Waals surface area contributed by atoms with Crippen molar-refractivity contribution in [3.8, 4) is 10.7 Å². The van der Waals surface area contributed by atoms with Gasteiger partial charge in [-0.05, 0) is 24.3 Å². The molecule has 2 amide bonds. The van der Waals surface area contributed by atoms with Gasteiger partial charge >= 0.3 is 0 Å². The number of carbonyl (C=O) groups is 2. The number of amides is 2. The van der Waals surface area contributed by atoms with Crippen molar-refractivity contribution in [3.05, 3.63) is 65.6 Å². The number of benzene rings is 1. The second-order valence-electron chi connectivity index (χ2n) is 6.87. The van der Waals surface area contributed by atoms with Crippen LogP contribution in [-0.2, 0) is 0 Å². The first kappa shape index (κ1) is 17.7. The number of hydrogen-bond donors (Lipinski definition) is 1. The minimum atomic E-state index is -0.142. The van der Waals surface area contributed by atoms with E-state index in [1.54, 1.807) is 27.3 Å². The zero-order valence-electron chi connectivity index (χ0n) is 15.5. The van der Waals surface area contributed by atoms with Crippen molar-refractivity contribution in [3.63, 3.8) is 0 Å². The molecular weight excluding hydrogens is 388 g/mol. The van der Waals surface area contributed by atoms with E-state index in [0.29, 0.717) is 37.6 Å². The summed E-state index contributed by atoms with van der Waals surface area (Å²) in [7, 11) is 0. The van der Waals surface area contributed by atoms with Gasteiger partial charge in [-0.1, -0.05) is 18.2 Å². The van der Waals surface area contributed by atoms with Gasteiger partial charge in [-0.3, -0.25) is 9.59 Å². The first-order chi connectivity index (χ1) is 14.2. The molecule has 0 bridgehead atoms. The Kier molecular flexibility index (Phi) is 4.40. The lowest BCUT2D eigenvalue weighted by molar-refractivity contribution is 0.0515. The lowest BCUT2D eigenvalue weighted by Gasteiger charge is -2.34. The maximum Gasteiger partial charge on any atom is 0.289 e. The van der Waals surface area contributed by atoms with Crippen LogP contribution in [0.5, 0.6) is 0 Å². The average Bonchev–Trinajstić information content (AvgIpc) is 3.52. The van der Waals surface area contributed by atoms with Crippen LogP contribution in [0.25, 0.3) is 21.6 Å². The van der Waals surface area contributed by atoms with Crippen molar-refractivity contribution in [2.45, 2.75) is 0 Å². The minimum absolute atomic E-state index is 0.103. The summed E-state index contributed by atoms with van der Waals surface area (Å²) in [5.41, 5.74) is 2.39. The van der Waals surface area contributed by atoms with E-state index in [-0.39, 0.29) is 11.8 Å². The molecule has 7 nitrogen and oxygen atoms in total. The number of aromatic amines is 1. The second kappa shape index (κ2) is 7.21. The summed E-state index contributed by atoms with van der Waals surface area (Å²) in [6, 6.07) is 13.4. The van der Waals surface area contributed by atoms with E-state index in [1.165, 1.54) is 17.6 Å². The first-order valence-electron chi connectivity index (χ1n) is 9.35. The predicted octanol–water partition coefficient (Wildman–Crippen LogP) is 3.48. The fourth-order valence-corrected chi connectivity index (χ4v) is 4.28. The smallest absolute Gasteiger partial charge is 0.289 e. The van der Waals surface area contributed by atoms with Crippen LogP contribution in [-0.4, -0.2) is 57.8 Å². The van der Waals surface area contributed by atoms with Crippen LogP contribution in [0.2, 0.25) is 0 Å². The summed E-state index contributed by atoms with van der Waals surface area (Å²) in [5.74, 6) is 0.0813. The van der Waals surface area contributed by atoms with E-state index in [9.17, 15) is 9.59 Å². The third-order valence-corrected chi connectivity index (χ3v) is 5.95. The Morgan fingerprint density at radius 1 is 1.00 bits per heavy atom. The molecule has 0 saturated carbocycles. The zero-order valence-corrected chi connectivity index (χ0v) is 16.3. The van der Waals surface area contributed by atoms with E-state index in [0.717, 1.165) is 21.6 Å². The van der Waals surface area contributed by atoms with Crippen LogP contribution in [0, 0.1) is 0 Å². The first-order valence-corrected chi connectivity index (χ1v) is 10.2. The highest BCUT2D eigenvalue weighted by Gasteiger charge is 2.27. The minimum Gasteiger partial charge on any atom is -0.459 e. The Labute approximate surface area is 170 Å². The van der Waals surface area contributed by atoms with Gasteiger partial charge in [0.25, 0.3) is 11.8 Å². The molecule has 1 N–H and O–H groups in total. The molecule has 29 heavy (non-hydrogen) atoms. The number of thiazole rings is 1. The number of nitrogens with one attached hydrogen (secondary N) is 1. The Hall–Kier alpha value is -3.39. The maximum absolute atomic E-state index is 12.9. The van der Waals surface area contributed by atoms with Gasteiger partial charge in [0.05, 0.1) is 12.0 Å². The quantitative estimate of drug-likeness (QED) is 0.565. The number of hydrogen-bond acceptors (Lipinski definition) is 5. The van der Waals surface area contributed by atoms with Crippen LogP contribution < -0.4 is 0 Å². The Morgan fingerprint density at radius 3 is 2.48 bits per heavy atom. The highest BCUT2D eigenvalue weighted by atomic mass is 32.1. The van der Waals surface area contributed by atoms with Gasteiger partial charge in [0.15, 0.2) is 5.76 Å². The van der Waals surface area contributed by atoms with Crippen molar-refractivity contribution in [1.29, 1.82) is 0 Å². The van der Waals surface area contributed by atoms with Crippen LogP contribution in [0.3, 0.4) is 0 Å². The van der Waals surface area contributed by atoms with Crippen molar-refractivity contribution in [2.24, 2.45) is 0 Å². The van der Waals surface area contributed by atoms with Crippen molar-refractivity contribution < 1.29 is 14.0 Å². The Balaban J connectivity index is 1.26. The van der Waals surface area contributed by atoms with Gasteiger partial charge in [-0.25, -0.2) is 4.98 Å².